The minimum absolute atomic E-state index is 0.260. The van der Waals surface area contributed by atoms with Crippen LogP contribution in [0, 0.1) is 5.82 Å². The van der Waals surface area contributed by atoms with Gasteiger partial charge in [-0.05, 0) is 31.2 Å². The Kier molecular flexibility index (Phi) is 4.85. The first-order chi connectivity index (χ1) is 10.00. The van der Waals surface area contributed by atoms with Gasteiger partial charge in [-0.15, -0.1) is 0 Å². The van der Waals surface area contributed by atoms with Crippen LogP contribution in [0.3, 0.4) is 0 Å². The summed E-state index contributed by atoms with van der Waals surface area (Å²) in [5.74, 6) is 0.248. The number of nitrogens with one attached hydrogen (secondary N) is 1. The molecule has 2 aromatic rings. The number of ether oxygens (including phenoxy) is 1. The number of para-hydroxylation sites is 2. The number of anilines is 1. The third-order valence-electron chi connectivity index (χ3n) is 3.36. The highest BCUT2D eigenvalue weighted by Gasteiger charge is 2.29. The highest BCUT2D eigenvalue weighted by atomic mass is 79.9. The predicted molar refractivity (Wildman–Crippen MR) is 85.2 cm³/mol. The third-order valence-corrected chi connectivity index (χ3v) is 3.85. The Bertz CT molecular complexity index is 635. The van der Waals surface area contributed by atoms with E-state index in [1.54, 1.807) is 32.2 Å². The molecule has 2 rings (SSSR count). The smallest absolute Gasteiger partial charge is 0.141 e. The lowest BCUT2D eigenvalue weighted by Gasteiger charge is -2.31. The van der Waals surface area contributed by atoms with Crippen molar-refractivity contribution in [2.75, 3.05) is 19.0 Å². The molecule has 2 N–H and O–H groups in total. The van der Waals surface area contributed by atoms with Gasteiger partial charge < -0.3 is 15.2 Å². The Morgan fingerprint density at radius 2 is 2.00 bits per heavy atom. The first-order valence-electron chi connectivity index (χ1n) is 6.48. The van der Waals surface area contributed by atoms with Crippen LogP contribution >= 0.6 is 15.9 Å². The van der Waals surface area contributed by atoms with E-state index >= 15 is 0 Å². The van der Waals surface area contributed by atoms with Gasteiger partial charge in [0.15, 0.2) is 0 Å². The maximum absolute atomic E-state index is 14.2. The van der Waals surface area contributed by atoms with Crippen LogP contribution in [0.2, 0.25) is 0 Å². The Labute approximate surface area is 131 Å². The summed E-state index contributed by atoms with van der Waals surface area (Å²) in [7, 11) is 1.57. The summed E-state index contributed by atoms with van der Waals surface area (Å²) in [4.78, 5) is 0. The predicted octanol–water partition coefficient (Wildman–Crippen LogP) is 3.92. The van der Waals surface area contributed by atoms with Gasteiger partial charge in [-0.1, -0.05) is 34.1 Å². The molecule has 0 aliphatic carbocycles. The van der Waals surface area contributed by atoms with Gasteiger partial charge in [-0.25, -0.2) is 4.39 Å². The number of methoxy groups -OCH3 is 1. The van der Waals surface area contributed by atoms with Crippen LogP contribution in [0.5, 0.6) is 5.75 Å². The first-order valence-corrected chi connectivity index (χ1v) is 7.27. The lowest BCUT2D eigenvalue weighted by atomic mass is 9.92. The van der Waals surface area contributed by atoms with Gasteiger partial charge >= 0.3 is 0 Å². The molecule has 0 fully saturated rings. The normalized spacial score (nSPS) is 13.6. The van der Waals surface area contributed by atoms with E-state index in [0.717, 1.165) is 0 Å². The minimum Gasteiger partial charge on any atom is -0.495 e. The summed E-state index contributed by atoms with van der Waals surface area (Å²) >= 11 is 3.23. The van der Waals surface area contributed by atoms with Crippen molar-refractivity contribution in [2.45, 2.75) is 12.5 Å². The molecule has 0 aliphatic rings. The van der Waals surface area contributed by atoms with Crippen LogP contribution in [0.25, 0.3) is 0 Å². The van der Waals surface area contributed by atoms with Gasteiger partial charge in [0.25, 0.3) is 0 Å². The summed E-state index contributed by atoms with van der Waals surface area (Å²) in [6, 6.07) is 12.1. The Balaban J connectivity index is 2.41. The van der Waals surface area contributed by atoms with E-state index in [9.17, 15) is 9.50 Å². The largest absolute Gasteiger partial charge is 0.495 e. The molecule has 2 aromatic carbocycles. The molecule has 3 nitrogen and oxygen atoms in total. The van der Waals surface area contributed by atoms with Crippen molar-refractivity contribution in [3.63, 3.8) is 0 Å². The number of aliphatic hydroxyl groups is 1. The maximum atomic E-state index is 14.2. The lowest BCUT2D eigenvalue weighted by molar-refractivity contribution is 0.220. The van der Waals surface area contributed by atoms with Crippen molar-refractivity contribution in [1.29, 1.82) is 0 Å². The molecule has 5 heteroatoms. The van der Waals surface area contributed by atoms with Crippen molar-refractivity contribution >= 4 is 21.6 Å². The first kappa shape index (κ1) is 15.8. The molecular weight excluding hydrogens is 337 g/mol. The number of benzene rings is 2. The van der Waals surface area contributed by atoms with Crippen LogP contribution in [0.4, 0.5) is 10.1 Å². The van der Waals surface area contributed by atoms with Crippen molar-refractivity contribution in [3.8, 4) is 5.75 Å². The molecule has 0 saturated carbocycles. The number of aliphatic hydroxyl groups excluding tert-OH is 1. The molecule has 1 unspecified atom stereocenters. The quantitative estimate of drug-likeness (QED) is 0.855. The molecule has 0 aliphatic heterocycles. The van der Waals surface area contributed by atoms with Crippen molar-refractivity contribution in [1.82, 2.24) is 0 Å². The summed E-state index contributed by atoms with van der Waals surface area (Å²) in [6.45, 7) is 1.48. The van der Waals surface area contributed by atoms with E-state index in [4.69, 9.17) is 4.74 Å². The second-order valence-electron chi connectivity index (χ2n) is 4.94. The zero-order chi connectivity index (χ0) is 15.5. The topological polar surface area (TPSA) is 41.5 Å². The molecule has 0 aromatic heterocycles. The third kappa shape index (κ3) is 3.36. The Morgan fingerprint density at radius 1 is 1.29 bits per heavy atom. The lowest BCUT2D eigenvalue weighted by Crippen LogP contribution is -2.37. The summed E-state index contributed by atoms with van der Waals surface area (Å²) in [5.41, 5.74) is 0.123. The number of rotatable bonds is 5. The summed E-state index contributed by atoms with van der Waals surface area (Å²) in [6.07, 6.45) is 0. The average Bonchev–Trinajstić information content (AvgIpc) is 2.47. The molecule has 0 bridgehead atoms. The van der Waals surface area contributed by atoms with Gasteiger partial charge in [-0.3, -0.25) is 0 Å². The molecule has 0 amide bonds. The Morgan fingerprint density at radius 3 is 2.62 bits per heavy atom. The van der Waals surface area contributed by atoms with E-state index in [0.29, 0.717) is 21.5 Å². The second-order valence-corrected chi connectivity index (χ2v) is 5.86. The fourth-order valence-corrected chi connectivity index (χ4v) is 2.51. The van der Waals surface area contributed by atoms with Crippen LogP contribution in [-0.4, -0.2) is 18.8 Å². The zero-order valence-corrected chi connectivity index (χ0v) is 13.4. The van der Waals surface area contributed by atoms with E-state index in [1.165, 1.54) is 6.07 Å². The molecule has 112 valence electrons. The zero-order valence-electron chi connectivity index (χ0n) is 11.9. The van der Waals surface area contributed by atoms with Crippen molar-refractivity contribution < 1.29 is 14.2 Å². The molecular formula is C16H17BrFNO2. The fourth-order valence-electron chi connectivity index (χ4n) is 2.17. The average molecular weight is 354 g/mol. The van der Waals surface area contributed by atoms with Gasteiger partial charge in [-0.2, -0.15) is 0 Å². The van der Waals surface area contributed by atoms with Gasteiger partial charge in [0.2, 0.25) is 0 Å². The van der Waals surface area contributed by atoms with Crippen LogP contribution in [-0.2, 0) is 5.54 Å². The molecule has 0 saturated heterocycles. The molecule has 1 atom stereocenters. The van der Waals surface area contributed by atoms with Gasteiger partial charge in [0.1, 0.15) is 11.6 Å². The highest BCUT2D eigenvalue weighted by molar-refractivity contribution is 9.10. The molecule has 0 radical (unpaired) electrons. The van der Waals surface area contributed by atoms with E-state index in [2.05, 4.69) is 21.2 Å². The van der Waals surface area contributed by atoms with Gasteiger partial charge in [0, 0.05) is 10.0 Å². The SMILES string of the molecule is COc1ccccc1NC(C)(CO)c1ccc(Br)cc1F. The molecule has 0 heterocycles. The van der Waals surface area contributed by atoms with Crippen molar-refractivity contribution in [3.05, 3.63) is 58.3 Å². The number of hydrogen-bond donors (Lipinski definition) is 2. The van der Waals surface area contributed by atoms with E-state index < -0.39 is 5.54 Å². The Hall–Kier alpha value is -1.59. The highest BCUT2D eigenvalue weighted by Crippen LogP contribution is 2.33. The molecule has 0 spiro atoms. The summed E-state index contributed by atoms with van der Waals surface area (Å²) < 4.78 is 20.1. The minimum atomic E-state index is -0.959. The van der Waals surface area contributed by atoms with E-state index in [1.807, 2.05) is 18.2 Å². The molecule has 21 heavy (non-hydrogen) atoms. The van der Waals surface area contributed by atoms with Crippen LogP contribution < -0.4 is 10.1 Å². The van der Waals surface area contributed by atoms with Crippen LogP contribution in [0.1, 0.15) is 12.5 Å². The number of hydrogen-bond acceptors (Lipinski definition) is 3. The number of halogens is 2. The monoisotopic (exact) mass is 353 g/mol. The van der Waals surface area contributed by atoms with Crippen molar-refractivity contribution in [2.24, 2.45) is 0 Å². The second kappa shape index (κ2) is 6.45. The summed E-state index contributed by atoms with van der Waals surface area (Å²) in [5, 5.41) is 12.9. The standard InChI is InChI=1S/C16H17BrFNO2/c1-16(10-20,12-8-7-11(17)9-13(12)18)19-14-5-3-4-6-15(14)21-2/h3-9,19-20H,10H2,1-2H3. The van der Waals surface area contributed by atoms with E-state index in [-0.39, 0.29) is 12.4 Å². The van der Waals surface area contributed by atoms with Gasteiger partial charge in [0.05, 0.1) is 24.9 Å². The fraction of sp³-hybridized carbons (Fsp3) is 0.250. The maximum Gasteiger partial charge on any atom is 0.141 e. The van der Waals surface area contributed by atoms with Crippen LogP contribution in [0.15, 0.2) is 46.9 Å².